The molecule has 1 aliphatic rings. The Labute approximate surface area is 88.4 Å². The number of rotatable bonds is 2. The van der Waals surface area contributed by atoms with E-state index in [4.69, 9.17) is 0 Å². The Morgan fingerprint density at radius 2 is 2.40 bits per heavy atom. The lowest BCUT2D eigenvalue weighted by atomic mass is 10.1. The molecule has 0 fully saturated rings. The van der Waals surface area contributed by atoms with Gasteiger partial charge in [-0.1, -0.05) is 12.1 Å². The third-order valence-corrected chi connectivity index (χ3v) is 2.21. The molecule has 2 N–H and O–H groups in total. The second-order valence-corrected chi connectivity index (χ2v) is 3.42. The van der Waals surface area contributed by atoms with Crippen molar-refractivity contribution in [3.63, 3.8) is 0 Å². The van der Waals surface area contributed by atoms with Gasteiger partial charge in [0.05, 0.1) is 6.54 Å². The summed E-state index contributed by atoms with van der Waals surface area (Å²) in [5.74, 6) is 0.843. The standard InChI is InChI=1S/C11H13N3O/c1-8(15)9-3-2-4-10(7-9)14-11-12-5-6-13-11/h2-4,7H,5-6H2,1H3,(H2,12,13,14). The average Bonchev–Trinajstić information content (AvgIpc) is 2.71. The fourth-order valence-corrected chi connectivity index (χ4v) is 1.43. The number of carbonyl (C=O) groups excluding carboxylic acids is 1. The maximum Gasteiger partial charge on any atom is 0.195 e. The highest BCUT2D eigenvalue weighted by atomic mass is 16.1. The molecule has 0 saturated carbocycles. The molecule has 4 heteroatoms. The summed E-state index contributed by atoms with van der Waals surface area (Å²) in [5, 5.41) is 6.23. The number of Topliss-reactive ketones (excluding diaryl/α,β-unsaturated/α-hetero) is 1. The van der Waals surface area contributed by atoms with E-state index < -0.39 is 0 Å². The Balaban J connectivity index is 2.14. The van der Waals surface area contributed by atoms with Crippen molar-refractivity contribution in [1.29, 1.82) is 0 Å². The predicted molar refractivity (Wildman–Crippen MR) is 60.4 cm³/mol. The molecule has 1 aliphatic heterocycles. The van der Waals surface area contributed by atoms with Crippen molar-refractivity contribution >= 4 is 17.4 Å². The molecule has 0 radical (unpaired) electrons. The third kappa shape index (κ3) is 2.34. The minimum Gasteiger partial charge on any atom is -0.354 e. The van der Waals surface area contributed by atoms with E-state index in [2.05, 4.69) is 15.6 Å². The van der Waals surface area contributed by atoms with Crippen molar-refractivity contribution in [2.45, 2.75) is 6.92 Å². The SMILES string of the molecule is CC(=O)c1cccc(NC2=NCCN2)c1. The summed E-state index contributed by atoms with van der Waals surface area (Å²) >= 11 is 0. The maximum absolute atomic E-state index is 11.2. The molecule has 1 heterocycles. The number of hydrogen-bond donors (Lipinski definition) is 2. The average molecular weight is 203 g/mol. The van der Waals surface area contributed by atoms with Crippen LogP contribution in [0.25, 0.3) is 0 Å². The zero-order chi connectivity index (χ0) is 10.7. The van der Waals surface area contributed by atoms with Gasteiger partial charge in [-0.05, 0) is 19.1 Å². The number of nitrogens with one attached hydrogen (secondary N) is 2. The Morgan fingerprint density at radius 3 is 3.07 bits per heavy atom. The largest absolute Gasteiger partial charge is 0.354 e. The van der Waals surface area contributed by atoms with Crippen LogP contribution >= 0.6 is 0 Å². The van der Waals surface area contributed by atoms with Crippen LogP contribution < -0.4 is 10.6 Å². The molecule has 15 heavy (non-hydrogen) atoms. The number of ketones is 1. The second-order valence-electron chi connectivity index (χ2n) is 3.42. The summed E-state index contributed by atoms with van der Waals surface area (Å²) in [6.07, 6.45) is 0. The quantitative estimate of drug-likeness (QED) is 0.711. The van der Waals surface area contributed by atoms with Crippen LogP contribution in [0.1, 0.15) is 17.3 Å². The Kier molecular flexibility index (Phi) is 2.67. The lowest BCUT2D eigenvalue weighted by Crippen LogP contribution is -2.26. The zero-order valence-corrected chi connectivity index (χ0v) is 8.58. The third-order valence-electron chi connectivity index (χ3n) is 2.21. The first-order chi connectivity index (χ1) is 7.25. The molecule has 0 atom stereocenters. The molecule has 0 unspecified atom stereocenters. The fraction of sp³-hybridized carbons (Fsp3) is 0.273. The Morgan fingerprint density at radius 1 is 1.53 bits per heavy atom. The van der Waals surface area contributed by atoms with E-state index in [-0.39, 0.29) is 5.78 Å². The number of guanidine groups is 1. The van der Waals surface area contributed by atoms with Gasteiger partial charge in [-0.25, -0.2) is 0 Å². The molecule has 1 aromatic rings. The van der Waals surface area contributed by atoms with Crippen LogP contribution in [0.3, 0.4) is 0 Å². The van der Waals surface area contributed by atoms with Crippen molar-refractivity contribution < 1.29 is 4.79 Å². The van der Waals surface area contributed by atoms with Gasteiger partial charge >= 0.3 is 0 Å². The van der Waals surface area contributed by atoms with Crippen molar-refractivity contribution in [2.75, 3.05) is 18.4 Å². The Bertz CT molecular complexity index is 412. The van der Waals surface area contributed by atoms with Gasteiger partial charge < -0.3 is 10.6 Å². The van der Waals surface area contributed by atoms with Crippen molar-refractivity contribution in [3.8, 4) is 0 Å². The fourth-order valence-electron chi connectivity index (χ4n) is 1.43. The van der Waals surface area contributed by atoms with E-state index in [0.717, 1.165) is 24.7 Å². The van der Waals surface area contributed by atoms with Crippen LogP contribution in [0, 0.1) is 0 Å². The number of benzene rings is 1. The van der Waals surface area contributed by atoms with Crippen LogP contribution in [0.2, 0.25) is 0 Å². The molecule has 2 rings (SSSR count). The molecule has 1 aromatic carbocycles. The van der Waals surface area contributed by atoms with Crippen molar-refractivity contribution in [1.82, 2.24) is 5.32 Å². The number of aliphatic imine (C=N–C) groups is 1. The van der Waals surface area contributed by atoms with Gasteiger partial charge in [-0.3, -0.25) is 9.79 Å². The molecule has 0 saturated heterocycles. The first-order valence-corrected chi connectivity index (χ1v) is 4.92. The van der Waals surface area contributed by atoms with Gasteiger partial charge in [0.2, 0.25) is 0 Å². The summed E-state index contributed by atoms with van der Waals surface area (Å²) < 4.78 is 0. The summed E-state index contributed by atoms with van der Waals surface area (Å²) in [6, 6.07) is 7.39. The van der Waals surface area contributed by atoms with Crippen molar-refractivity contribution in [2.24, 2.45) is 4.99 Å². The second kappa shape index (κ2) is 4.13. The first-order valence-electron chi connectivity index (χ1n) is 4.92. The Hall–Kier alpha value is -1.84. The lowest BCUT2D eigenvalue weighted by Gasteiger charge is -2.07. The van der Waals surface area contributed by atoms with Gasteiger partial charge in [-0.2, -0.15) is 0 Å². The zero-order valence-electron chi connectivity index (χ0n) is 8.58. The van der Waals surface area contributed by atoms with E-state index >= 15 is 0 Å². The summed E-state index contributed by atoms with van der Waals surface area (Å²) in [7, 11) is 0. The van der Waals surface area contributed by atoms with E-state index in [1.54, 1.807) is 13.0 Å². The van der Waals surface area contributed by atoms with E-state index in [9.17, 15) is 4.79 Å². The topological polar surface area (TPSA) is 53.5 Å². The van der Waals surface area contributed by atoms with Gasteiger partial charge in [-0.15, -0.1) is 0 Å². The summed E-state index contributed by atoms with van der Waals surface area (Å²) in [4.78, 5) is 15.4. The molecule has 0 spiro atoms. The number of anilines is 1. The normalized spacial score (nSPS) is 14.3. The van der Waals surface area contributed by atoms with Crippen LogP contribution in [0.15, 0.2) is 29.3 Å². The number of carbonyl (C=O) groups is 1. The highest BCUT2D eigenvalue weighted by Crippen LogP contribution is 2.11. The number of nitrogens with zero attached hydrogens (tertiary/aromatic N) is 1. The number of hydrogen-bond acceptors (Lipinski definition) is 4. The minimum atomic E-state index is 0.0694. The van der Waals surface area contributed by atoms with Gasteiger partial charge in [0.1, 0.15) is 0 Å². The van der Waals surface area contributed by atoms with Crippen LogP contribution in [-0.4, -0.2) is 24.8 Å². The monoisotopic (exact) mass is 203 g/mol. The van der Waals surface area contributed by atoms with Crippen LogP contribution in [-0.2, 0) is 0 Å². The maximum atomic E-state index is 11.2. The predicted octanol–water partition coefficient (Wildman–Crippen LogP) is 1.26. The van der Waals surface area contributed by atoms with E-state index in [1.165, 1.54) is 0 Å². The highest BCUT2D eigenvalue weighted by Gasteiger charge is 2.05. The highest BCUT2D eigenvalue weighted by molar-refractivity contribution is 5.98. The molecule has 78 valence electrons. The van der Waals surface area contributed by atoms with E-state index in [0.29, 0.717) is 5.56 Å². The molecular weight excluding hydrogens is 190 g/mol. The molecule has 0 aliphatic carbocycles. The summed E-state index contributed by atoms with van der Waals surface area (Å²) in [5.41, 5.74) is 1.59. The minimum absolute atomic E-state index is 0.0694. The van der Waals surface area contributed by atoms with Crippen molar-refractivity contribution in [3.05, 3.63) is 29.8 Å². The lowest BCUT2D eigenvalue weighted by molar-refractivity contribution is 0.101. The van der Waals surface area contributed by atoms with Crippen LogP contribution in [0.5, 0.6) is 0 Å². The van der Waals surface area contributed by atoms with Gasteiger partial charge in [0.15, 0.2) is 11.7 Å². The molecular formula is C11H13N3O. The van der Waals surface area contributed by atoms with Gasteiger partial charge in [0, 0.05) is 17.8 Å². The van der Waals surface area contributed by atoms with Gasteiger partial charge in [0.25, 0.3) is 0 Å². The smallest absolute Gasteiger partial charge is 0.195 e. The van der Waals surface area contributed by atoms with Crippen LogP contribution in [0.4, 0.5) is 5.69 Å². The first kappa shape index (κ1) is 9.71. The summed E-state index contributed by atoms with van der Waals surface area (Å²) in [6.45, 7) is 3.23. The molecule has 4 nitrogen and oxygen atoms in total. The van der Waals surface area contributed by atoms with E-state index in [1.807, 2.05) is 18.2 Å². The molecule has 0 aromatic heterocycles. The molecule has 0 amide bonds. The molecule has 0 bridgehead atoms.